The van der Waals surface area contributed by atoms with E-state index in [0.29, 0.717) is 17.7 Å². The Morgan fingerprint density at radius 3 is 2.30 bits per heavy atom. The van der Waals surface area contributed by atoms with Crippen LogP contribution >= 0.6 is 0 Å². The van der Waals surface area contributed by atoms with Gasteiger partial charge in [0, 0.05) is 12.0 Å². The van der Waals surface area contributed by atoms with Crippen LogP contribution in [0.1, 0.15) is 55.8 Å². The number of unbranched alkanes of at least 4 members (excludes halogenated alkanes) is 4. The molecule has 0 bridgehead atoms. The molecule has 0 saturated heterocycles. The minimum Gasteiger partial charge on any atom is -0.480 e. The molecule has 0 aliphatic rings. The number of carboxylic acid groups (broad SMARTS) is 1. The summed E-state index contributed by atoms with van der Waals surface area (Å²) in [5.41, 5.74) is 0.311. The monoisotopic (exact) mass is 321 g/mol. The van der Waals surface area contributed by atoms with Crippen LogP contribution in [0.5, 0.6) is 5.75 Å². The summed E-state index contributed by atoms with van der Waals surface area (Å²) in [4.78, 5) is 33.7. The third kappa shape index (κ3) is 7.99. The van der Waals surface area contributed by atoms with Gasteiger partial charge in [-0.1, -0.05) is 32.6 Å². The van der Waals surface area contributed by atoms with Gasteiger partial charge < -0.3 is 15.2 Å². The number of amides is 1. The minimum absolute atomic E-state index is 0.287. The fourth-order valence-electron chi connectivity index (χ4n) is 1.99. The molecule has 1 aromatic rings. The van der Waals surface area contributed by atoms with Crippen LogP contribution in [0.3, 0.4) is 0 Å². The number of carbonyl (C=O) groups is 3. The molecule has 1 rings (SSSR count). The molecular formula is C17H23NO5. The Bertz CT molecular complexity index is 524. The summed E-state index contributed by atoms with van der Waals surface area (Å²) >= 11 is 0. The first-order chi connectivity index (χ1) is 11.0. The van der Waals surface area contributed by atoms with E-state index in [4.69, 9.17) is 9.84 Å². The van der Waals surface area contributed by atoms with Crippen molar-refractivity contribution in [3.63, 3.8) is 0 Å². The van der Waals surface area contributed by atoms with Crippen LogP contribution in [-0.4, -0.2) is 29.5 Å². The molecule has 2 N–H and O–H groups in total. The van der Waals surface area contributed by atoms with Gasteiger partial charge in [-0.3, -0.25) is 14.4 Å². The van der Waals surface area contributed by atoms with Crippen molar-refractivity contribution >= 4 is 17.8 Å². The van der Waals surface area contributed by atoms with E-state index in [2.05, 4.69) is 12.2 Å². The molecule has 1 aromatic carbocycles. The van der Waals surface area contributed by atoms with Crippen LogP contribution in [0.4, 0.5) is 0 Å². The molecule has 0 saturated carbocycles. The lowest BCUT2D eigenvalue weighted by Crippen LogP contribution is -2.29. The van der Waals surface area contributed by atoms with E-state index in [1.54, 1.807) is 0 Å². The quantitative estimate of drug-likeness (QED) is 0.393. The molecule has 0 heterocycles. The summed E-state index contributed by atoms with van der Waals surface area (Å²) in [6.07, 6.45) is 5.69. The molecule has 0 unspecified atom stereocenters. The van der Waals surface area contributed by atoms with E-state index in [0.717, 1.165) is 25.7 Å². The Kier molecular flexibility index (Phi) is 8.42. The smallest absolute Gasteiger partial charge is 0.322 e. The summed E-state index contributed by atoms with van der Waals surface area (Å²) in [6.45, 7) is 1.70. The maximum absolute atomic E-state index is 11.7. The molecule has 0 aromatic heterocycles. The third-order valence-corrected chi connectivity index (χ3v) is 3.23. The van der Waals surface area contributed by atoms with E-state index in [9.17, 15) is 14.4 Å². The third-order valence-electron chi connectivity index (χ3n) is 3.23. The summed E-state index contributed by atoms with van der Waals surface area (Å²) in [6, 6.07) is 6.01. The molecular weight excluding hydrogens is 298 g/mol. The molecule has 6 heteroatoms. The zero-order valence-electron chi connectivity index (χ0n) is 13.3. The molecule has 0 fully saturated rings. The van der Waals surface area contributed by atoms with Crippen LogP contribution in [0.15, 0.2) is 24.3 Å². The number of hydrogen-bond donors (Lipinski definition) is 2. The molecule has 0 radical (unpaired) electrons. The van der Waals surface area contributed by atoms with Gasteiger partial charge in [0.2, 0.25) is 0 Å². The van der Waals surface area contributed by atoms with Crippen LogP contribution < -0.4 is 10.1 Å². The lowest BCUT2D eigenvalue weighted by atomic mass is 10.1. The van der Waals surface area contributed by atoms with Gasteiger partial charge in [-0.25, -0.2) is 0 Å². The first-order valence-corrected chi connectivity index (χ1v) is 7.83. The number of esters is 1. The summed E-state index contributed by atoms with van der Waals surface area (Å²) < 4.78 is 5.19. The molecule has 23 heavy (non-hydrogen) atoms. The van der Waals surface area contributed by atoms with Crippen molar-refractivity contribution in [3.8, 4) is 5.75 Å². The number of rotatable bonds is 10. The average molecular weight is 321 g/mol. The fourth-order valence-corrected chi connectivity index (χ4v) is 1.99. The standard InChI is InChI=1S/C17H23NO5/c1-2-3-4-5-6-7-16(21)23-14-10-8-13(9-11-14)17(22)18-12-15(19)20/h8-11H,2-7,12H2,1H3,(H,18,22)(H,19,20). The first kappa shape index (κ1) is 18.7. The summed E-state index contributed by atoms with van der Waals surface area (Å²) in [7, 11) is 0. The van der Waals surface area contributed by atoms with Gasteiger partial charge in [0.15, 0.2) is 0 Å². The number of benzene rings is 1. The predicted molar refractivity (Wildman–Crippen MR) is 85.4 cm³/mol. The number of aliphatic carboxylic acids is 1. The molecule has 6 nitrogen and oxygen atoms in total. The van der Waals surface area contributed by atoms with Crippen LogP contribution in [0.2, 0.25) is 0 Å². The topological polar surface area (TPSA) is 92.7 Å². The summed E-state index contributed by atoms with van der Waals surface area (Å²) in [5, 5.41) is 10.8. The van der Waals surface area contributed by atoms with Crippen molar-refractivity contribution in [1.29, 1.82) is 0 Å². The number of ether oxygens (including phenoxy) is 1. The number of nitrogens with one attached hydrogen (secondary N) is 1. The highest BCUT2D eigenvalue weighted by molar-refractivity contribution is 5.95. The van der Waals surface area contributed by atoms with Crippen molar-refractivity contribution in [2.45, 2.75) is 45.4 Å². The second kappa shape index (κ2) is 10.4. The molecule has 0 atom stereocenters. The Hall–Kier alpha value is -2.37. The van der Waals surface area contributed by atoms with E-state index >= 15 is 0 Å². The van der Waals surface area contributed by atoms with Gasteiger partial charge in [0.25, 0.3) is 5.91 Å². The van der Waals surface area contributed by atoms with Gasteiger partial charge in [-0.2, -0.15) is 0 Å². The highest BCUT2D eigenvalue weighted by Crippen LogP contribution is 2.14. The van der Waals surface area contributed by atoms with Crippen molar-refractivity contribution in [3.05, 3.63) is 29.8 Å². The van der Waals surface area contributed by atoms with Crippen LogP contribution in [0, 0.1) is 0 Å². The number of carbonyl (C=O) groups excluding carboxylic acids is 2. The zero-order chi connectivity index (χ0) is 17.1. The van der Waals surface area contributed by atoms with Crippen molar-refractivity contribution < 1.29 is 24.2 Å². The summed E-state index contributed by atoms with van der Waals surface area (Å²) in [5.74, 6) is -1.51. The van der Waals surface area contributed by atoms with Gasteiger partial charge >= 0.3 is 11.9 Å². The molecule has 0 spiro atoms. The first-order valence-electron chi connectivity index (χ1n) is 7.83. The normalized spacial score (nSPS) is 10.1. The van der Waals surface area contributed by atoms with Crippen molar-refractivity contribution in [2.75, 3.05) is 6.54 Å². The predicted octanol–water partition coefficient (Wildman–Crippen LogP) is 2.77. The Balaban J connectivity index is 2.37. The van der Waals surface area contributed by atoms with E-state index in [1.807, 2.05) is 0 Å². The zero-order valence-corrected chi connectivity index (χ0v) is 13.3. The second-order valence-corrected chi connectivity index (χ2v) is 5.24. The van der Waals surface area contributed by atoms with Gasteiger partial charge in [-0.15, -0.1) is 0 Å². The average Bonchev–Trinajstić information content (AvgIpc) is 2.53. The van der Waals surface area contributed by atoms with Crippen LogP contribution in [-0.2, 0) is 9.59 Å². The SMILES string of the molecule is CCCCCCCC(=O)Oc1ccc(C(=O)NCC(=O)O)cc1. The van der Waals surface area contributed by atoms with Gasteiger partial charge in [-0.05, 0) is 30.7 Å². The molecule has 0 aliphatic heterocycles. The van der Waals surface area contributed by atoms with E-state index in [1.165, 1.54) is 30.7 Å². The lowest BCUT2D eigenvalue weighted by Gasteiger charge is -2.06. The second-order valence-electron chi connectivity index (χ2n) is 5.24. The van der Waals surface area contributed by atoms with Crippen molar-refractivity contribution in [1.82, 2.24) is 5.32 Å². The molecule has 126 valence electrons. The van der Waals surface area contributed by atoms with Gasteiger partial charge in [0.05, 0.1) is 0 Å². The lowest BCUT2D eigenvalue weighted by molar-refractivity contribution is -0.136. The highest BCUT2D eigenvalue weighted by Gasteiger charge is 2.09. The van der Waals surface area contributed by atoms with E-state index < -0.39 is 18.4 Å². The number of hydrogen-bond acceptors (Lipinski definition) is 4. The highest BCUT2D eigenvalue weighted by atomic mass is 16.5. The largest absolute Gasteiger partial charge is 0.480 e. The number of carboxylic acids is 1. The Morgan fingerprint density at radius 2 is 1.70 bits per heavy atom. The Labute approximate surface area is 135 Å². The fraction of sp³-hybridized carbons (Fsp3) is 0.471. The minimum atomic E-state index is -1.11. The van der Waals surface area contributed by atoms with Gasteiger partial charge in [0.1, 0.15) is 12.3 Å². The van der Waals surface area contributed by atoms with E-state index in [-0.39, 0.29) is 5.97 Å². The van der Waals surface area contributed by atoms with Crippen molar-refractivity contribution in [2.24, 2.45) is 0 Å². The Morgan fingerprint density at radius 1 is 1.04 bits per heavy atom. The maximum atomic E-state index is 11.7. The van der Waals surface area contributed by atoms with Crippen LogP contribution in [0.25, 0.3) is 0 Å². The molecule has 0 aliphatic carbocycles. The maximum Gasteiger partial charge on any atom is 0.322 e. The molecule has 1 amide bonds.